The van der Waals surface area contributed by atoms with Crippen molar-refractivity contribution in [3.63, 3.8) is 0 Å². The Morgan fingerprint density at radius 3 is 1.40 bits per heavy atom. The summed E-state index contributed by atoms with van der Waals surface area (Å²) in [7, 11) is 0. The van der Waals surface area contributed by atoms with Crippen LogP contribution < -0.4 is 4.90 Å². The molecule has 0 spiro atoms. The largest absolute Gasteiger partial charge is 0.456 e. The summed E-state index contributed by atoms with van der Waals surface area (Å²) in [6.07, 6.45) is 0. The molecule has 0 N–H and O–H groups in total. The number of benzene rings is 10. The van der Waals surface area contributed by atoms with Gasteiger partial charge >= 0.3 is 0 Å². The first-order valence-electron chi connectivity index (χ1n) is 21.5. The Hall–Kier alpha value is -8.40. The lowest BCUT2D eigenvalue weighted by atomic mass is 9.95. The van der Waals surface area contributed by atoms with Crippen molar-refractivity contribution in [1.29, 1.82) is 0 Å². The quantitative estimate of drug-likeness (QED) is 0.153. The highest BCUT2D eigenvalue weighted by molar-refractivity contribution is 6.18. The van der Waals surface area contributed by atoms with Gasteiger partial charge in [-0.05, 0) is 118 Å². The van der Waals surface area contributed by atoms with Crippen LogP contribution in [0.25, 0.3) is 93.9 Å². The van der Waals surface area contributed by atoms with Gasteiger partial charge in [0, 0.05) is 38.8 Å². The van der Waals surface area contributed by atoms with Gasteiger partial charge in [-0.3, -0.25) is 0 Å². The first-order chi connectivity index (χ1) is 31.2. The van der Waals surface area contributed by atoms with Crippen LogP contribution in [0.3, 0.4) is 0 Å². The molecule has 0 bridgehead atoms. The summed E-state index contributed by atoms with van der Waals surface area (Å²) < 4.78 is 9.17. The zero-order valence-corrected chi connectivity index (χ0v) is 34.4. The molecule has 2 heterocycles. The van der Waals surface area contributed by atoms with E-state index in [0.717, 1.165) is 66.9 Å². The van der Waals surface area contributed by atoms with Gasteiger partial charge in [-0.25, -0.2) is 0 Å². The second kappa shape index (κ2) is 15.3. The number of nitrogens with zero attached hydrogens (tertiary/aromatic N) is 2. The van der Waals surface area contributed by atoms with Crippen molar-refractivity contribution in [1.82, 2.24) is 4.57 Å². The van der Waals surface area contributed by atoms with Gasteiger partial charge in [0.2, 0.25) is 0 Å². The fourth-order valence-corrected chi connectivity index (χ4v) is 9.40. The van der Waals surface area contributed by atoms with E-state index in [-0.39, 0.29) is 0 Å². The maximum Gasteiger partial charge on any atom is 0.137 e. The Labute approximate surface area is 366 Å². The van der Waals surface area contributed by atoms with Crippen LogP contribution in [0.4, 0.5) is 17.1 Å². The normalized spacial score (nSPS) is 11.5. The summed E-state index contributed by atoms with van der Waals surface area (Å²) in [6.45, 7) is 0. The Balaban J connectivity index is 1.09. The molecule has 0 atom stereocenters. The second-order valence-corrected chi connectivity index (χ2v) is 16.1. The summed E-state index contributed by atoms with van der Waals surface area (Å²) >= 11 is 0. The molecule has 296 valence electrons. The number of rotatable bonds is 8. The fraction of sp³-hybridized carbons (Fsp3) is 0. The Morgan fingerprint density at radius 2 is 0.778 bits per heavy atom. The highest BCUT2D eigenvalue weighted by Crippen LogP contribution is 2.49. The van der Waals surface area contributed by atoms with Crippen molar-refractivity contribution in [2.45, 2.75) is 0 Å². The number of fused-ring (bicyclic) bond motifs is 6. The van der Waals surface area contributed by atoms with E-state index in [0.29, 0.717) is 0 Å². The molecule has 0 unspecified atom stereocenters. The first-order valence-corrected chi connectivity index (χ1v) is 21.5. The van der Waals surface area contributed by atoms with E-state index in [1.165, 1.54) is 44.1 Å². The summed E-state index contributed by atoms with van der Waals surface area (Å²) in [4.78, 5) is 2.42. The van der Waals surface area contributed by atoms with Gasteiger partial charge < -0.3 is 13.9 Å². The van der Waals surface area contributed by atoms with Crippen molar-refractivity contribution in [3.8, 4) is 50.2 Å². The number of furan rings is 1. The Morgan fingerprint density at radius 1 is 0.317 bits per heavy atom. The summed E-state index contributed by atoms with van der Waals surface area (Å²) in [5.74, 6) is 0. The maximum atomic E-state index is 6.80. The van der Waals surface area contributed by atoms with E-state index in [1.807, 2.05) is 0 Å². The van der Waals surface area contributed by atoms with Crippen LogP contribution in [0.5, 0.6) is 0 Å². The molecule has 0 saturated carbocycles. The molecule has 0 amide bonds. The van der Waals surface area contributed by atoms with E-state index >= 15 is 0 Å². The van der Waals surface area contributed by atoms with Crippen molar-refractivity contribution < 1.29 is 4.42 Å². The number of hydrogen-bond acceptors (Lipinski definition) is 2. The van der Waals surface area contributed by atoms with E-state index < -0.39 is 0 Å². The van der Waals surface area contributed by atoms with Crippen LogP contribution in [0.1, 0.15) is 0 Å². The molecule has 63 heavy (non-hydrogen) atoms. The van der Waals surface area contributed by atoms with Crippen LogP contribution in [0, 0.1) is 0 Å². The molecule has 12 rings (SSSR count). The second-order valence-electron chi connectivity index (χ2n) is 16.1. The van der Waals surface area contributed by atoms with Crippen LogP contribution in [0.2, 0.25) is 0 Å². The topological polar surface area (TPSA) is 21.3 Å². The summed E-state index contributed by atoms with van der Waals surface area (Å²) in [5, 5.41) is 4.58. The predicted octanol–water partition coefficient (Wildman–Crippen LogP) is 16.8. The minimum atomic E-state index is 0.838. The minimum absolute atomic E-state index is 0.838. The van der Waals surface area contributed by atoms with E-state index in [1.54, 1.807) is 0 Å². The molecule has 0 aliphatic rings. The van der Waals surface area contributed by atoms with Gasteiger partial charge in [0.25, 0.3) is 0 Å². The smallest absolute Gasteiger partial charge is 0.137 e. The number of anilines is 3. The van der Waals surface area contributed by atoms with E-state index in [9.17, 15) is 0 Å². The molecule has 12 aromatic rings. The van der Waals surface area contributed by atoms with Crippen LogP contribution in [0.15, 0.2) is 247 Å². The van der Waals surface area contributed by atoms with Gasteiger partial charge in [0.15, 0.2) is 0 Å². The lowest BCUT2D eigenvalue weighted by Crippen LogP contribution is -2.11. The zero-order valence-electron chi connectivity index (χ0n) is 34.4. The third-order valence-electron chi connectivity index (χ3n) is 12.4. The molecule has 3 nitrogen and oxygen atoms in total. The third kappa shape index (κ3) is 6.38. The molecule has 0 saturated heterocycles. The van der Waals surface area contributed by atoms with E-state index in [2.05, 4.69) is 252 Å². The lowest BCUT2D eigenvalue weighted by molar-refractivity contribution is 0.669. The summed E-state index contributed by atoms with van der Waals surface area (Å²) in [6, 6.07) is 87.0. The molecule has 2 aromatic heterocycles. The van der Waals surface area contributed by atoms with Gasteiger partial charge in [0.05, 0.1) is 22.1 Å². The molecular formula is C60H40N2O. The van der Waals surface area contributed by atoms with Crippen LogP contribution in [-0.4, -0.2) is 4.57 Å². The highest BCUT2D eigenvalue weighted by atomic mass is 16.3. The zero-order chi connectivity index (χ0) is 41.7. The van der Waals surface area contributed by atoms with Gasteiger partial charge in [-0.15, -0.1) is 0 Å². The van der Waals surface area contributed by atoms with Crippen LogP contribution >= 0.6 is 0 Å². The lowest BCUT2D eigenvalue weighted by Gasteiger charge is -2.29. The van der Waals surface area contributed by atoms with Gasteiger partial charge in [0.1, 0.15) is 11.2 Å². The number of hydrogen-bond donors (Lipinski definition) is 0. The van der Waals surface area contributed by atoms with Crippen molar-refractivity contribution in [2.75, 3.05) is 4.90 Å². The first kappa shape index (κ1) is 36.5. The van der Waals surface area contributed by atoms with Crippen molar-refractivity contribution >= 4 is 60.8 Å². The van der Waals surface area contributed by atoms with Crippen LogP contribution in [-0.2, 0) is 0 Å². The highest BCUT2D eigenvalue weighted by Gasteiger charge is 2.25. The van der Waals surface area contributed by atoms with Crippen molar-refractivity contribution in [2.24, 2.45) is 0 Å². The average molecular weight is 805 g/mol. The van der Waals surface area contributed by atoms with Crippen molar-refractivity contribution in [3.05, 3.63) is 243 Å². The fourth-order valence-electron chi connectivity index (χ4n) is 9.40. The SMILES string of the molecule is c1ccc(-c2ccc(N(c3ccc(-c4ccccc4)cc3)c3c(-c4ccccc4)ccc4oc5ccc(-c6ccc7c(c6)c6ccccc6n7-c6ccccc6)cc5c34)cc2)cc1. The minimum Gasteiger partial charge on any atom is -0.456 e. The number of para-hydroxylation sites is 2. The molecule has 0 fully saturated rings. The monoisotopic (exact) mass is 804 g/mol. The van der Waals surface area contributed by atoms with E-state index in [4.69, 9.17) is 4.42 Å². The predicted molar refractivity (Wildman–Crippen MR) is 264 cm³/mol. The molecule has 0 radical (unpaired) electrons. The van der Waals surface area contributed by atoms with Gasteiger partial charge in [-0.2, -0.15) is 0 Å². The molecule has 0 aliphatic carbocycles. The molecule has 3 heteroatoms. The molecular weight excluding hydrogens is 765 g/mol. The van der Waals surface area contributed by atoms with Gasteiger partial charge in [-0.1, -0.05) is 164 Å². The Bertz CT molecular complexity index is 3490. The Kier molecular flexibility index (Phi) is 8.83. The maximum absolute atomic E-state index is 6.80. The number of aromatic nitrogens is 1. The molecule has 10 aromatic carbocycles. The summed E-state index contributed by atoms with van der Waals surface area (Å²) in [5.41, 5.74) is 17.6. The average Bonchev–Trinajstić information content (AvgIpc) is 3.91. The standard InChI is InChI=1S/C60H40N2O/c1-5-15-41(16-6-1)43-25-31-49(32-26-43)61(50-33-27-44(28-34-50)42-17-7-2-8-18-42)60-51(45-19-9-3-10-20-45)35-38-58-59(60)54-40-47(30-37-57(54)63-58)46-29-36-56-53(39-46)52-23-13-14-24-55(52)62(56)48-21-11-4-12-22-48/h1-40H. The molecule has 0 aliphatic heterocycles. The third-order valence-corrected chi connectivity index (χ3v) is 12.4.